The summed E-state index contributed by atoms with van der Waals surface area (Å²) in [5.41, 5.74) is 0.137. The van der Waals surface area contributed by atoms with Crippen LogP contribution in [-0.4, -0.2) is 19.4 Å². The van der Waals surface area contributed by atoms with E-state index in [1.807, 2.05) is 0 Å². The number of aromatic nitrogens is 4. The van der Waals surface area contributed by atoms with Gasteiger partial charge in [0.2, 0.25) is 0 Å². The topological polar surface area (TPSA) is 55.1 Å². The van der Waals surface area contributed by atoms with Crippen molar-refractivity contribution < 1.29 is 13.2 Å². The standard InChI is InChI=1S/C13H10F3N5/c14-13(15,16)10-8-21-6-5-18-11(12(21)20-10)19-7-9-1-3-17-4-2-9/h1-6,8H,7H2,(H,18,19). The summed E-state index contributed by atoms with van der Waals surface area (Å²) in [6.07, 6.45) is 2.59. The first kappa shape index (κ1) is 13.3. The molecule has 3 heterocycles. The zero-order valence-electron chi connectivity index (χ0n) is 10.7. The van der Waals surface area contributed by atoms with E-state index in [1.54, 1.807) is 24.5 Å². The summed E-state index contributed by atoms with van der Waals surface area (Å²) in [5, 5.41) is 2.98. The largest absolute Gasteiger partial charge is 0.434 e. The Morgan fingerprint density at radius 1 is 1.14 bits per heavy atom. The van der Waals surface area contributed by atoms with E-state index in [2.05, 4.69) is 20.3 Å². The fourth-order valence-corrected chi connectivity index (χ4v) is 1.87. The van der Waals surface area contributed by atoms with Gasteiger partial charge in [-0.05, 0) is 17.7 Å². The van der Waals surface area contributed by atoms with Crippen LogP contribution in [0.4, 0.5) is 19.0 Å². The highest BCUT2D eigenvalue weighted by Gasteiger charge is 2.34. The Morgan fingerprint density at radius 2 is 1.90 bits per heavy atom. The first-order valence-corrected chi connectivity index (χ1v) is 6.08. The number of nitrogens with one attached hydrogen (secondary N) is 1. The normalized spacial score (nSPS) is 11.8. The smallest absolute Gasteiger partial charge is 0.363 e. The summed E-state index contributed by atoms with van der Waals surface area (Å²) in [7, 11) is 0. The molecule has 8 heteroatoms. The van der Waals surface area contributed by atoms with Gasteiger partial charge in [0.05, 0.1) is 0 Å². The van der Waals surface area contributed by atoms with Crippen molar-refractivity contribution in [3.8, 4) is 0 Å². The zero-order chi connectivity index (χ0) is 14.9. The summed E-state index contributed by atoms with van der Waals surface area (Å²) >= 11 is 0. The molecule has 0 aliphatic carbocycles. The third-order valence-corrected chi connectivity index (χ3v) is 2.87. The lowest BCUT2D eigenvalue weighted by Crippen LogP contribution is -2.05. The molecule has 0 spiro atoms. The maximum absolute atomic E-state index is 12.7. The van der Waals surface area contributed by atoms with Crippen LogP contribution in [0, 0.1) is 0 Å². The quantitative estimate of drug-likeness (QED) is 0.806. The molecule has 0 fully saturated rings. The number of hydrogen-bond donors (Lipinski definition) is 1. The van der Waals surface area contributed by atoms with Crippen LogP contribution in [0.2, 0.25) is 0 Å². The predicted molar refractivity (Wildman–Crippen MR) is 69.6 cm³/mol. The third kappa shape index (κ3) is 2.78. The van der Waals surface area contributed by atoms with Crippen molar-refractivity contribution in [1.82, 2.24) is 19.4 Å². The molecule has 0 radical (unpaired) electrons. The van der Waals surface area contributed by atoms with Gasteiger partial charge in [-0.25, -0.2) is 9.97 Å². The number of rotatable bonds is 3. The summed E-state index contributed by atoms with van der Waals surface area (Å²) in [6, 6.07) is 3.61. The molecule has 0 aromatic carbocycles. The minimum atomic E-state index is -4.48. The number of alkyl halides is 3. The number of hydrogen-bond acceptors (Lipinski definition) is 4. The molecule has 0 amide bonds. The lowest BCUT2D eigenvalue weighted by atomic mass is 10.3. The second-order valence-electron chi connectivity index (χ2n) is 4.34. The molecule has 0 bridgehead atoms. The van der Waals surface area contributed by atoms with Gasteiger partial charge in [0.25, 0.3) is 0 Å². The van der Waals surface area contributed by atoms with E-state index >= 15 is 0 Å². The maximum atomic E-state index is 12.7. The minimum Gasteiger partial charge on any atom is -0.363 e. The highest BCUT2D eigenvalue weighted by Crippen LogP contribution is 2.29. The van der Waals surface area contributed by atoms with Crippen molar-refractivity contribution in [2.45, 2.75) is 12.7 Å². The van der Waals surface area contributed by atoms with Gasteiger partial charge in [-0.1, -0.05) is 0 Å². The van der Waals surface area contributed by atoms with Crippen LogP contribution in [-0.2, 0) is 12.7 Å². The van der Waals surface area contributed by atoms with Gasteiger partial charge in [0, 0.05) is 37.5 Å². The predicted octanol–water partition coefficient (Wildman–Crippen LogP) is 2.76. The van der Waals surface area contributed by atoms with Crippen LogP contribution in [0.15, 0.2) is 43.1 Å². The van der Waals surface area contributed by atoms with Gasteiger partial charge in [0.1, 0.15) is 0 Å². The molecule has 21 heavy (non-hydrogen) atoms. The zero-order valence-corrected chi connectivity index (χ0v) is 10.7. The van der Waals surface area contributed by atoms with Gasteiger partial charge in [-0.3, -0.25) is 4.98 Å². The second-order valence-corrected chi connectivity index (χ2v) is 4.34. The van der Waals surface area contributed by atoms with E-state index < -0.39 is 11.9 Å². The molecule has 3 aromatic heterocycles. The van der Waals surface area contributed by atoms with Crippen LogP contribution < -0.4 is 5.32 Å². The lowest BCUT2D eigenvalue weighted by molar-refractivity contribution is -0.140. The molecule has 0 saturated heterocycles. The highest BCUT2D eigenvalue weighted by molar-refractivity contribution is 5.63. The molecular formula is C13H10F3N5. The molecule has 1 N–H and O–H groups in total. The Bertz CT molecular complexity index is 751. The summed E-state index contributed by atoms with van der Waals surface area (Å²) in [6.45, 7) is 0.420. The number of fused-ring (bicyclic) bond motifs is 1. The average molecular weight is 293 g/mol. The van der Waals surface area contributed by atoms with Gasteiger partial charge < -0.3 is 9.72 Å². The molecule has 0 aliphatic rings. The molecule has 3 rings (SSSR count). The van der Waals surface area contributed by atoms with Crippen LogP contribution in [0.25, 0.3) is 5.65 Å². The SMILES string of the molecule is FC(F)(F)c1cn2ccnc(NCc3ccncc3)c2n1. The summed E-state index contributed by atoms with van der Waals surface area (Å²) in [4.78, 5) is 11.5. The summed E-state index contributed by atoms with van der Waals surface area (Å²) in [5.74, 6) is 0.296. The van der Waals surface area contributed by atoms with Gasteiger partial charge >= 0.3 is 6.18 Å². The van der Waals surface area contributed by atoms with E-state index in [-0.39, 0.29) is 5.65 Å². The Hall–Kier alpha value is -2.64. The Labute approximate surface area is 117 Å². The maximum Gasteiger partial charge on any atom is 0.434 e. The van der Waals surface area contributed by atoms with Gasteiger partial charge in [0.15, 0.2) is 17.2 Å². The monoisotopic (exact) mass is 293 g/mol. The fourth-order valence-electron chi connectivity index (χ4n) is 1.87. The molecular weight excluding hydrogens is 283 g/mol. The van der Waals surface area contributed by atoms with Crippen LogP contribution in [0.5, 0.6) is 0 Å². The van der Waals surface area contributed by atoms with Crippen LogP contribution in [0.1, 0.15) is 11.3 Å². The Balaban J connectivity index is 1.90. The van der Waals surface area contributed by atoms with Crippen molar-refractivity contribution in [1.29, 1.82) is 0 Å². The first-order chi connectivity index (χ1) is 10.0. The van der Waals surface area contributed by atoms with Crippen molar-refractivity contribution in [3.05, 3.63) is 54.4 Å². The molecule has 0 saturated carbocycles. The molecule has 0 atom stereocenters. The second kappa shape index (κ2) is 5.04. The van der Waals surface area contributed by atoms with Gasteiger partial charge in [-0.15, -0.1) is 0 Å². The molecule has 5 nitrogen and oxygen atoms in total. The van der Waals surface area contributed by atoms with Gasteiger partial charge in [-0.2, -0.15) is 13.2 Å². The highest BCUT2D eigenvalue weighted by atomic mass is 19.4. The van der Waals surface area contributed by atoms with E-state index in [0.29, 0.717) is 12.4 Å². The number of nitrogens with zero attached hydrogens (tertiary/aromatic N) is 4. The van der Waals surface area contributed by atoms with Crippen molar-refractivity contribution in [3.63, 3.8) is 0 Å². The fraction of sp³-hybridized carbons (Fsp3) is 0.154. The minimum absolute atomic E-state index is 0.138. The number of halogens is 3. The molecule has 3 aromatic rings. The van der Waals surface area contributed by atoms with Crippen molar-refractivity contribution >= 4 is 11.5 Å². The molecule has 0 aliphatic heterocycles. The number of pyridine rings is 1. The molecule has 108 valence electrons. The summed E-state index contributed by atoms with van der Waals surface area (Å²) < 4.78 is 39.4. The van der Waals surface area contributed by atoms with E-state index in [1.165, 1.54) is 16.8 Å². The average Bonchev–Trinajstić information content (AvgIpc) is 2.91. The third-order valence-electron chi connectivity index (χ3n) is 2.87. The number of anilines is 1. The van der Waals surface area contributed by atoms with Crippen molar-refractivity contribution in [2.24, 2.45) is 0 Å². The Morgan fingerprint density at radius 3 is 2.62 bits per heavy atom. The lowest BCUT2D eigenvalue weighted by Gasteiger charge is -2.06. The van der Waals surface area contributed by atoms with Crippen LogP contribution >= 0.6 is 0 Å². The van der Waals surface area contributed by atoms with E-state index in [0.717, 1.165) is 11.8 Å². The van der Waals surface area contributed by atoms with E-state index in [4.69, 9.17) is 0 Å². The molecule has 0 unspecified atom stereocenters. The number of imidazole rings is 1. The van der Waals surface area contributed by atoms with E-state index in [9.17, 15) is 13.2 Å². The first-order valence-electron chi connectivity index (χ1n) is 6.08. The van der Waals surface area contributed by atoms with Crippen LogP contribution in [0.3, 0.4) is 0 Å². The Kier molecular flexibility index (Phi) is 3.20. The van der Waals surface area contributed by atoms with Crippen molar-refractivity contribution in [2.75, 3.05) is 5.32 Å².